The van der Waals surface area contributed by atoms with Crippen LogP contribution in [0.15, 0.2) is 75.8 Å². The zero-order chi connectivity index (χ0) is 28.3. The van der Waals surface area contributed by atoms with E-state index in [1.165, 1.54) is 12.1 Å². The van der Waals surface area contributed by atoms with Gasteiger partial charge in [0.25, 0.3) is 16.0 Å². The Labute approximate surface area is 234 Å². The van der Waals surface area contributed by atoms with Crippen LogP contribution in [-0.2, 0) is 16.5 Å². The first-order chi connectivity index (χ1) is 18.5. The molecular formula is C27H23Cl2N3O6S. The molecule has 0 radical (unpaired) electrons. The number of hydrogen-bond acceptors (Lipinski definition) is 7. The van der Waals surface area contributed by atoms with Gasteiger partial charge in [-0.25, -0.2) is 0 Å². The van der Waals surface area contributed by atoms with Crippen LogP contribution in [0.25, 0.3) is 10.8 Å². The second-order valence-electron chi connectivity index (χ2n) is 8.28. The largest absolute Gasteiger partial charge is 0.505 e. The summed E-state index contributed by atoms with van der Waals surface area (Å²) in [5, 5.41) is 23.1. The number of phenols is 1. The molecule has 0 fully saturated rings. The monoisotopic (exact) mass is 587 g/mol. The average Bonchev–Trinajstić information content (AvgIpc) is 2.88. The van der Waals surface area contributed by atoms with Crippen LogP contribution >= 0.6 is 23.2 Å². The molecule has 0 unspecified atom stereocenters. The van der Waals surface area contributed by atoms with Crippen molar-refractivity contribution in [2.45, 2.75) is 25.2 Å². The van der Waals surface area contributed by atoms with Crippen LogP contribution in [0, 0.1) is 0 Å². The van der Waals surface area contributed by atoms with E-state index in [9.17, 15) is 22.9 Å². The van der Waals surface area contributed by atoms with Crippen molar-refractivity contribution in [3.8, 4) is 11.5 Å². The summed E-state index contributed by atoms with van der Waals surface area (Å²) in [4.78, 5) is 12.6. The topological polar surface area (TPSA) is 138 Å². The fourth-order valence-electron chi connectivity index (χ4n) is 3.96. The molecule has 0 bridgehead atoms. The summed E-state index contributed by atoms with van der Waals surface area (Å²) in [5.74, 6) is -0.629. The van der Waals surface area contributed by atoms with E-state index in [1.54, 1.807) is 55.5 Å². The van der Waals surface area contributed by atoms with Crippen molar-refractivity contribution < 1.29 is 27.6 Å². The molecule has 0 spiro atoms. The Morgan fingerprint density at radius 3 is 2.36 bits per heavy atom. The Morgan fingerprint density at radius 1 is 0.974 bits per heavy atom. The molecule has 0 atom stereocenters. The van der Waals surface area contributed by atoms with E-state index in [4.69, 9.17) is 27.9 Å². The second kappa shape index (κ2) is 11.6. The summed E-state index contributed by atoms with van der Waals surface area (Å²) < 4.78 is 39.4. The van der Waals surface area contributed by atoms with Crippen LogP contribution in [0.5, 0.6) is 11.5 Å². The molecule has 4 aromatic rings. The lowest BCUT2D eigenvalue weighted by molar-refractivity contribution is 0.102. The minimum absolute atomic E-state index is 0.0839. The van der Waals surface area contributed by atoms with Crippen molar-refractivity contribution in [1.82, 2.24) is 0 Å². The van der Waals surface area contributed by atoms with Gasteiger partial charge in [-0.1, -0.05) is 60.5 Å². The summed E-state index contributed by atoms with van der Waals surface area (Å²) in [6, 6.07) is 16.0. The van der Waals surface area contributed by atoms with Crippen molar-refractivity contribution in [2.24, 2.45) is 10.2 Å². The van der Waals surface area contributed by atoms with Crippen molar-refractivity contribution in [1.29, 1.82) is 0 Å². The van der Waals surface area contributed by atoms with E-state index in [1.807, 2.05) is 6.92 Å². The average molecular weight is 588 g/mol. The molecule has 202 valence electrons. The maximum atomic E-state index is 13.2. The van der Waals surface area contributed by atoms with Gasteiger partial charge in [0.2, 0.25) is 0 Å². The molecule has 0 heterocycles. The van der Waals surface area contributed by atoms with Gasteiger partial charge >= 0.3 is 0 Å². The van der Waals surface area contributed by atoms with Crippen LogP contribution < -0.4 is 10.1 Å². The molecule has 9 nitrogen and oxygen atoms in total. The van der Waals surface area contributed by atoms with E-state index in [0.29, 0.717) is 40.8 Å². The van der Waals surface area contributed by atoms with Gasteiger partial charge in [-0.2, -0.15) is 8.42 Å². The lowest BCUT2D eigenvalue weighted by atomic mass is 10.0. The number of carbonyl (C=O) groups is 1. The minimum Gasteiger partial charge on any atom is -0.505 e. The number of ether oxygens (including phenoxy) is 1. The highest BCUT2D eigenvalue weighted by atomic mass is 35.5. The normalized spacial score (nSPS) is 11.7. The Bertz CT molecular complexity index is 1720. The van der Waals surface area contributed by atoms with Gasteiger partial charge in [-0.3, -0.25) is 9.35 Å². The first-order valence-corrected chi connectivity index (χ1v) is 13.9. The molecule has 0 aliphatic heterocycles. The number of nitrogens with one attached hydrogen (secondary N) is 1. The summed E-state index contributed by atoms with van der Waals surface area (Å²) in [5.41, 5.74) is 0.361. The number of hydrogen-bond donors (Lipinski definition) is 3. The van der Waals surface area contributed by atoms with Crippen molar-refractivity contribution in [2.75, 3.05) is 11.9 Å². The molecule has 4 aromatic carbocycles. The first-order valence-electron chi connectivity index (χ1n) is 11.7. The van der Waals surface area contributed by atoms with E-state index < -0.39 is 26.7 Å². The van der Waals surface area contributed by atoms with Crippen molar-refractivity contribution in [3.63, 3.8) is 0 Å². The Morgan fingerprint density at radius 2 is 1.69 bits per heavy atom. The summed E-state index contributed by atoms with van der Waals surface area (Å²) >= 11 is 12.4. The van der Waals surface area contributed by atoms with Crippen LogP contribution in [0.2, 0.25) is 10.0 Å². The van der Waals surface area contributed by atoms with E-state index in [0.717, 1.165) is 0 Å². The van der Waals surface area contributed by atoms with Crippen LogP contribution in [0.4, 0.5) is 17.1 Å². The van der Waals surface area contributed by atoms with Crippen LogP contribution in [0.3, 0.4) is 0 Å². The molecule has 0 aromatic heterocycles. The highest BCUT2D eigenvalue weighted by molar-refractivity contribution is 7.86. The predicted molar refractivity (Wildman–Crippen MR) is 151 cm³/mol. The third-order valence-corrected chi connectivity index (χ3v) is 7.46. The number of amides is 1. The molecule has 39 heavy (non-hydrogen) atoms. The fraction of sp³-hybridized carbons (Fsp3) is 0.148. The molecule has 1 amide bonds. The van der Waals surface area contributed by atoms with E-state index >= 15 is 0 Å². The maximum absolute atomic E-state index is 13.2. The van der Waals surface area contributed by atoms with Crippen molar-refractivity contribution >= 4 is 67.1 Å². The Kier molecular flexibility index (Phi) is 8.41. The molecule has 0 saturated carbocycles. The molecule has 0 saturated heterocycles. The third-order valence-electron chi connectivity index (χ3n) is 5.80. The highest BCUT2D eigenvalue weighted by Crippen LogP contribution is 2.42. The van der Waals surface area contributed by atoms with Crippen molar-refractivity contribution in [3.05, 3.63) is 81.8 Å². The summed E-state index contributed by atoms with van der Waals surface area (Å²) in [6.07, 6.45) is 0.353. The van der Waals surface area contributed by atoms with Crippen LogP contribution in [0.1, 0.15) is 29.8 Å². The molecule has 12 heteroatoms. The number of rotatable bonds is 8. The number of azo groups is 1. The smallest absolute Gasteiger partial charge is 0.298 e. The molecule has 0 aliphatic rings. The lowest BCUT2D eigenvalue weighted by Crippen LogP contribution is -2.12. The molecule has 3 N–H and O–H groups in total. The van der Waals surface area contributed by atoms with E-state index in [-0.39, 0.29) is 27.0 Å². The van der Waals surface area contributed by atoms with Gasteiger partial charge in [0.1, 0.15) is 22.0 Å². The molecular weight excluding hydrogens is 565 g/mol. The number of halogens is 2. The predicted octanol–water partition coefficient (Wildman–Crippen LogP) is 7.73. The van der Waals surface area contributed by atoms with Crippen LogP contribution in [-0.4, -0.2) is 30.6 Å². The third kappa shape index (κ3) is 5.99. The second-order valence-corrected chi connectivity index (χ2v) is 10.5. The number of benzene rings is 4. The number of carbonyl (C=O) groups excluding carboxylic acids is 1. The van der Waals surface area contributed by atoms with Gasteiger partial charge in [0, 0.05) is 11.5 Å². The number of nitrogens with zero attached hydrogens (tertiary/aromatic N) is 2. The Hall–Kier alpha value is -3.70. The SMILES string of the molecule is CCOc1ccc(NC(=O)c2cc3ccccc3c(N=Nc3c(CC)ccc(Cl)c3S(=O)(=O)O)c2O)c(Cl)c1. The highest BCUT2D eigenvalue weighted by Gasteiger charge is 2.24. The number of aromatic hydroxyl groups is 1. The minimum atomic E-state index is -4.75. The van der Waals surface area contributed by atoms with E-state index in [2.05, 4.69) is 15.5 Å². The summed E-state index contributed by atoms with van der Waals surface area (Å²) in [6.45, 7) is 4.05. The van der Waals surface area contributed by atoms with Gasteiger partial charge in [0.05, 0.1) is 27.9 Å². The number of phenolic OH excluding ortho intramolecular Hbond substituents is 1. The number of anilines is 1. The van der Waals surface area contributed by atoms with Gasteiger partial charge < -0.3 is 15.2 Å². The van der Waals surface area contributed by atoms with Gasteiger partial charge in [-0.05, 0) is 48.6 Å². The summed E-state index contributed by atoms with van der Waals surface area (Å²) in [7, 11) is -4.75. The maximum Gasteiger partial charge on any atom is 0.298 e. The van der Waals surface area contributed by atoms with Gasteiger partial charge in [-0.15, -0.1) is 10.2 Å². The lowest BCUT2D eigenvalue weighted by Gasteiger charge is -2.13. The number of fused-ring (bicyclic) bond motifs is 1. The molecule has 0 aliphatic carbocycles. The van der Waals surface area contributed by atoms with Gasteiger partial charge in [0.15, 0.2) is 5.75 Å². The Balaban J connectivity index is 1.83. The standard InChI is InChI=1S/C27H23Cl2N3O6S/c1-3-15-9-11-20(28)26(39(35,36)37)23(15)31-32-24-18-8-6-5-7-16(18)13-19(25(24)33)27(34)30-22-12-10-17(38-4-2)14-21(22)29/h5-14,33H,3-4H2,1-2H3,(H,30,34)(H,35,36,37). The first kappa shape index (κ1) is 28.3. The number of aryl methyl sites for hydroxylation is 1. The fourth-order valence-corrected chi connectivity index (χ4v) is 5.36. The molecule has 4 rings (SSSR count). The quantitative estimate of drug-likeness (QED) is 0.142. The zero-order valence-corrected chi connectivity index (χ0v) is 23.1. The zero-order valence-electron chi connectivity index (χ0n) is 20.8.